The molecule has 1 fully saturated rings. The van der Waals surface area contributed by atoms with Crippen molar-refractivity contribution in [3.63, 3.8) is 0 Å². The fourth-order valence-corrected chi connectivity index (χ4v) is 4.28. The average molecular weight is 461 g/mol. The van der Waals surface area contributed by atoms with Crippen LogP contribution in [0.1, 0.15) is 27.0 Å². The minimum Gasteiger partial charge on any atom is -0.507 e. The predicted molar refractivity (Wildman–Crippen MR) is 132 cm³/mol. The molecule has 1 unspecified atom stereocenters. The van der Waals surface area contributed by atoms with Gasteiger partial charge in [0, 0.05) is 43.9 Å². The van der Waals surface area contributed by atoms with E-state index in [4.69, 9.17) is 4.74 Å². The molecule has 3 aromatic carbocycles. The lowest BCUT2D eigenvalue weighted by Crippen LogP contribution is -2.51. The van der Waals surface area contributed by atoms with Crippen LogP contribution in [0.5, 0.6) is 11.5 Å². The number of methoxy groups -OCH3 is 1. The SMILES string of the molecule is COc1cc(O)c(C(=O)/C=C/c2ccc(F)cc2)cc1CN1CCNCC1Cc1ccccc1. The highest BCUT2D eigenvalue weighted by Crippen LogP contribution is 2.31. The summed E-state index contributed by atoms with van der Waals surface area (Å²) in [6, 6.07) is 19.8. The zero-order valence-corrected chi connectivity index (χ0v) is 19.2. The number of carbonyl (C=O) groups excluding carboxylic acids is 1. The molecule has 1 aliphatic rings. The van der Waals surface area contributed by atoms with Crippen molar-refractivity contribution in [3.8, 4) is 11.5 Å². The Kier molecular flexibility index (Phi) is 7.72. The summed E-state index contributed by atoms with van der Waals surface area (Å²) in [5, 5.41) is 14.0. The van der Waals surface area contributed by atoms with Gasteiger partial charge in [0.2, 0.25) is 0 Å². The lowest BCUT2D eigenvalue weighted by molar-refractivity contribution is 0.104. The molecule has 0 amide bonds. The first kappa shape index (κ1) is 23.7. The number of allylic oxidation sites excluding steroid dienone is 1. The van der Waals surface area contributed by atoms with Crippen LogP contribution in [0.15, 0.2) is 72.8 Å². The molecule has 0 aliphatic carbocycles. The van der Waals surface area contributed by atoms with Crippen LogP contribution in [-0.4, -0.2) is 48.6 Å². The molecule has 34 heavy (non-hydrogen) atoms. The number of rotatable bonds is 8. The van der Waals surface area contributed by atoms with Crippen LogP contribution < -0.4 is 10.1 Å². The highest BCUT2D eigenvalue weighted by molar-refractivity contribution is 6.08. The first-order valence-electron chi connectivity index (χ1n) is 11.4. The fraction of sp³-hybridized carbons (Fsp3) is 0.250. The number of ketones is 1. The lowest BCUT2D eigenvalue weighted by atomic mass is 10.00. The minimum absolute atomic E-state index is 0.129. The topological polar surface area (TPSA) is 61.8 Å². The van der Waals surface area contributed by atoms with Crippen molar-refractivity contribution in [1.82, 2.24) is 10.2 Å². The van der Waals surface area contributed by atoms with Gasteiger partial charge in [-0.15, -0.1) is 0 Å². The van der Waals surface area contributed by atoms with E-state index >= 15 is 0 Å². The second-order valence-corrected chi connectivity index (χ2v) is 8.45. The summed E-state index contributed by atoms with van der Waals surface area (Å²) in [5.74, 6) is -0.240. The van der Waals surface area contributed by atoms with Gasteiger partial charge in [-0.05, 0) is 41.8 Å². The molecule has 1 heterocycles. The maximum absolute atomic E-state index is 13.1. The van der Waals surface area contributed by atoms with Gasteiger partial charge in [-0.1, -0.05) is 48.5 Å². The van der Waals surface area contributed by atoms with Crippen molar-refractivity contribution < 1.29 is 19.0 Å². The zero-order valence-electron chi connectivity index (χ0n) is 19.2. The van der Waals surface area contributed by atoms with E-state index < -0.39 is 0 Å². The van der Waals surface area contributed by atoms with Gasteiger partial charge in [0.1, 0.15) is 17.3 Å². The van der Waals surface area contributed by atoms with E-state index in [9.17, 15) is 14.3 Å². The lowest BCUT2D eigenvalue weighted by Gasteiger charge is -2.36. The van der Waals surface area contributed by atoms with Gasteiger partial charge >= 0.3 is 0 Å². The van der Waals surface area contributed by atoms with Crippen molar-refractivity contribution in [1.29, 1.82) is 0 Å². The number of nitrogens with one attached hydrogen (secondary N) is 1. The van der Waals surface area contributed by atoms with E-state index in [2.05, 4.69) is 34.5 Å². The molecule has 4 rings (SSSR count). The van der Waals surface area contributed by atoms with Gasteiger partial charge in [0.25, 0.3) is 0 Å². The molecule has 176 valence electrons. The van der Waals surface area contributed by atoms with Crippen LogP contribution in [0.3, 0.4) is 0 Å². The Labute approximate surface area is 199 Å². The standard InChI is InChI=1S/C28H29FN2O3/c1-34-28-17-27(33)25(26(32)12-9-20-7-10-23(29)11-8-20)16-22(28)19-31-14-13-30-18-24(31)15-21-5-3-2-4-6-21/h2-12,16-17,24,30,33H,13-15,18-19H2,1H3/b12-9+. The van der Waals surface area contributed by atoms with E-state index in [0.29, 0.717) is 23.9 Å². The Morgan fingerprint density at radius 3 is 2.68 bits per heavy atom. The van der Waals surface area contributed by atoms with Crippen LogP contribution >= 0.6 is 0 Å². The number of nitrogens with zero attached hydrogens (tertiary/aromatic N) is 1. The second-order valence-electron chi connectivity index (χ2n) is 8.45. The quantitative estimate of drug-likeness (QED) is 0.384. The Morgan fingerprint density at radius 1 is 1.18 bits per heavy atom. The van der Waals surface area contributed by atoms with Crippen molar-refractivity contribution in [2.24, 2.45) is 0 Å². The van der Waals surface area contributed by atoms with E-state index in [1.807, 2.05) is 6.07 Å². The Hall–Kier alpha value is -3.48. The normalized spacial score (nSPS) is 16.6. The molecule has 1 saturated heterocycles. The van der Waals surface area contributed by atoms with Crippen molar-refractivity contribution in [2.75, 3.05) is 26.7 Å². The number of aromatic hydroxyl groups is 1. The van der Waals surface area contributed by atoms with E-state index in [1.165, 1.54) is 29.8 Å². The molecule has 0 radical (unpaired) electrons. The Morgan fingerprint density at radius 2 is 1.94 bits per heavy atom. The van der Waals surface area contributed by atoms with Crippen molar-refractivity contribution >= 4 is 11.9 Å². The molecule has 0 bridgehead atoms. The summed E-state index contributed by atoms with van der Waals surface area (Å²) in [4.78, 5) is 15.3. The number of carbonyl (C=O) groups is 1. The third-order valence-corrected chi connectivity index (χ3v) is 6.12. The average Bonchev–Trinajstić information content (AvgIpc) is 2.86. The van der Waals surface area contributed by atoms with Crippen LogP contribution in [0, 0.1) is 5.82 Å². The number of benzene rings is 3. The van der Waals surface area contributed by atoms with Crippen molar-refractivity contribution in [2.45, 2.75) is 19.0 Å². The largest absolute Gasteiger partial charge is 0.507 e. The number of halogens is 1. The first-order valence-corrected chi connectivity index (χ1v) is 11.4. The maximum Gasteiger partial charge on any atom is 0.189 e. The monoisotopic (exact) mass is 460 g/mol. The summed E-state index contributed by atoms with van der Waals surface area (Å²) >= 11 is 0. The predicted octanol–water partition coefficient (Wildman–Crippen LogP) is 4.45. The summed E-state index contributed by atoms with van der Waals surface area (Å²) in [6.07, 6.45) is 3.92. The molecule has 3 aromatic rings. The smallest absolute Gasteiger partial charge is 0.189 e. The third kappa shape index (κ3) is 5.90. The van der Waals surface area contributed by atoms with E-state index in [-0.39, 0.29) is 22.9 Å². The zero-order chi connectivity index (χ0) is 23.9. The van der Waals surface area contributed by atoms with Gasteiger partial charge in [-0.25, -0.2) is 4.39 Å². The number of piperazine rings is 1. The molecule has 0 spiro atoms. The Bertz CT molecular complexity index is 1150. The van der Waals surface area contributed by atoms with Gasteiger partial charge in [0.15, 0.2) is 5.78 Å². The summed E-state index contributed by atoms with van der Waals surface area (Å²) in [5.41, 5.74) is 3.04. The van der Waals surface area contributed by atoms with Gasteiger partial charge in [-0.3, -0.25) is 9.69 Å². The number of hydrogen-bond donors (Lipinski definition) is 2. The van der Waals surface area contributed by atoms with Gasteiger partial charge < -0.3 is 15.2 Å². The molecular weight excluding hydrogens is 431 g/mol. The summed E-state index contributed by atoms with van der Waals surface area (Å²) in [6.45, 7) is 3.24. The van der Waals surface area contributed by atoms with Gasteiger partial charge in [0.05, 0.1) is 12.7 Å². The molecule has 6 heteroatoms. The van der Waals surface area contributed by atoms with E-state index in [0.717, 1.165) is 31.6 Å². The molecule has 0 aromatic heterocycles. The maximum atomic E-state index is 13.1. The fourth-order valence-electron chi connectivity index (χ4n) is 4.28. The van der Waals surface area contributed by atoms with Gasteiger partial charge in [-0.2, -0.15) is 0 Å². The molecule has 1 aliphatic heterocycles. The van der Waals surface area contributed by atoms with Crippen molar-refractivity contribution in [3.05, 3.63) is 101 Å². The number of phenolic OH excluding ortho intramolecular Hbond substituents is 1. The Balaban J connectivity index is 1.55. The third-order valence-electron chi connectivity index (χ3n) is 6.12. The number of phenols is 1. The highest BCUT2D eigenvalue weighted by Gasteiger charge is 2.24. The van der Waals surface area contributed by atoms with Crippen LogP contribution in [0.2, 0.25) is 0 Å². The second kappa shape index (κ2) is 11.1. The highest BCUT2D eigenvalue weighted by atomic mass is 19.1. The minimum atomic E-state index is -0.334. The van der Waals surface area contributed by atoms with Crippen LogP contribution in [0.25, 0.3) is 6.08 Å². The molecule has 1 atom stereocenters. The number of ether oxygens (including phenoxy) is 1. The number of hydrogen-bond acceptors (Lipinski definition) is 5. The van der Waals surface area contributed by atoms with Crippen LogP contribution in [-0.2, 0) is 13.0 Å². The summed E-state index contributed by atoms with van der Waals surface area (Å²) in [7, 11) is 1.56. The molecular formula is C28H29FN2O3. The molecule has 2 N–H and O–H groups in total. The molecule has 5 nitrogen and oxygen atoms in total. The van der Waals surface area contributed by atoms with Crippen LogP contribution in [0.4, 0.5) is 4.39 Å². The van der Waals surface area contributed by atoms with E-state index in [1.54, 1.807) is 31.4 Å². The molecule has 0 saturated carbocycles. The first-order chi connectivity index (χ1) is 16.5. The summed E-state index contributed by atoms with van der Waals surface area (Å²) < 4.78 is 18.6.